The second-order valence-electron chi connectivity index (χ2n) is 5.12. The van der Waals surface area contributed by atoms with Gasteiger partial charge in [-0.25, -0.2) is 23.5 Å². The third-order valence-electron chi connectivity index (χ3n) is 3.25. The zero-order valence-corrected chi connectivity index (χ0v) is 12.8. The number of aromatic nitrogens is 5. The number of halogens is 1. The first kappa shape index (κ1) is 16.3. The lowest BCUT2D eigenvalue weighted by molar-refractivity contribution is -0.117. The van der Waals surface area contributed by atoms with Gasteiger partial charge in [-0.1, -0.05) is 12.1 Å². The van der Waals surface area contributed by atoms with Crippen LogP contribution in [0.3, 0.4) is 0 Å². The molecule has 128 valence electrons. The van der Waals surface area contributed by atoms with Crippen molar-refractivity contribution in [3.63, 3.8) is 0 Å². The monoisotopic (exact) mass is 344 g/mol. The molecule has 2 heterocycles. The highest BCUT2D eigenvalue weighted by molar-refractivity contribution is 5.90. The van der Waals surface area contributed by atoms with Gasteiger partial charge in [0.25, 0.3) is 0 Å². The van der Waals surface area contributed by atoms with Crippen LogP contribution in [0.4, 0.5) is 10.3 Å². The number of carboxylic acid groups (broad SMARTS) is 1. The van der Waals surface area contributed by atoms with E-state index in [9.17, 15) is 14.0 Å². The summed E-state index contributed by atoms with van der Waals surface area (Å²) in [6.45, 7) is 0.00994. The van der Waals surface area contributed by atoms with Gasteiger partial charge >= 0.3 is 5.97 Å². The Morgan fingerprint density at radius 2 is 2.12 bits per heavy atom. The SMILES string of the molecule is O=C(Cn1nccc1C(=O)O)Nc1ncn(Cc2cccc(F)c2)n1. The largest absolute Gasteiger partial charge is 0.477 e. The minimum atomic E-state index is -1.18. The zero-order valence-electron chi connectivity index (χ0n) is 12.8. The van der Waals surface area contributed by atoms with Crippen molar-refractivity contribution in [2.24, 2.45) is 0 Å². The molecule has 0 aliphatic rings. The summed E-state index contributed by atoms with van der Waals surface area (Å²) in [5.41, 5.74) is 0.602. The Morgan fingerprint density at radius 1 is 1.28 bits per heavy atom. The molecule has 0 unspecified atom stereocenters. The lowest BCUT2D eigenvalue weighted by Crippen LogP contribution is -2.22. The quantitative estimate of drug-likeness (QED) is 0.689. The Bertz CT molecular complexity index is 919. The summed E-state index contributed by atoms with van der Waals surface area (Å²) in [7, 11) is 0. The summed E-state index contributed by atoms with van der Waals surface area (Å²) in [5.74, 6) is -1.98. The summed E-state index contributed by atoms with van der Waals surface area (Å²) in [6.07, 6.45) is 2.69. The van der Waals surface area contributed by atoms with Gasteiger partial charge in [-0.15, -0.1) is 5.10 Å². The molecular formula is C15H13FN6O3. The molecule has 25 heavy (non-hydrogen) atoms. The first-order chi connectivity index (χ1) is 12.0. The van der Waals surface area contributed by atoms with E-state index in [4.69, 9.17) is 5.11 Å². The van der Waals surface area contributed by atoms with E-state index in [1.54, 1.807) is 12.1 Å². The normalized spacial score (nSPS) is 10.6. The van der Waals surface area contributed by atoms with Gasteiger partial charge in [0.1, 0.15) is 24.4 Å². The van der Waals surface area contributed by atoms with Crippen molar-refractivity contribution < 1.29 is 19.1 Å². The number of aromatic carboxylic acids is 1. The number of carbonyl (C=O) groups is 2. The van der Waals surface area contributed by atoms with Crippen LogP contribution in [0.1, 0.15) is 16.1 Å². The van der Waals surface area contributed by atoms with Crippen molar-refractivity contribution in [3.8, 4) is 0 Å². The van der Waals surface area contributed by atoms with Gasteiger partial charge in [0.15, 0.2) is 0 Å². The molecule has 0 radical (unpaired) electrons. The van der Waals surface area contributed by atoms with E-state index in [1.807, 2.05) is 0 Å². The Labute approximate surface area is 140 Å². The fourth-order valence-electron chi connectivity index (χ4n) is 2.19. The van der Waals surface area contributed by atoms with Crippen molar-refractivity contribution in [1.82, 2.24) is 24.5 Å². The molecule has 9 nitrogen and oxygen atoms in total. The number of nitrogens with zero attached hydrogens (tertiary/aromatic N) is 5. The standard InChI is InChI=1S/C15H13FN6O3/c16-11-3-1-2-10(6-11)7-21-9-17-15(20-21)19-13(23)8-22-12(14(24)25)4-5-18-22/h1-6,9H,7-8H2,(H,24,25)(H,19,20,23). The lowest BCUT2D eigenvalue weighted by atomic mass is 10.2. The molecule has 0 fully saturated rings. The molecule has 2 aromatic heterocycles. The zero-order chi connectivity index (χ0) is 17.8. The van der Waals surface area contributed by atoms with E-state index >= 15 is 0 Å². The number of hydrogen-bond donors (Lipinski definition) is 2. The molecule has 2 N–H and O–H groups in total. The van der Waals surface area contributed by atoms with Crippen LogP contribution in [-0.2, 0) is 17.9 Å². The maximum absolute atomic E-state index is 13.2. The molecular weight excluding hydrogens is 331 g/mol. The van der Waals surface area contributed by atoms with Gasteiger partial charge in [-0.05, 0) is 23.8 Å². The van der Waals surface area contributed by atoms with Gasteiger partial charge in [0, 0.05) is 6.20 Å². The predicted octanol–water partition coefficient (Wildman–Crippen LogP) is 0.999. The van der Waals surface area contributed by atoms with Crippen LogP contribution in [0.2, 0.25) is 0 Å². The molecule has 3 rings (SSSR count). The van der Waals surface area contributed by atoms with Crippen molar-refractivity contribution in [2.75, 3.05) is 5.32 Å². The van der Waals surface area contributed by atoms with E-state index in [2.05, 4.69) is 20.5 Å². The van der Waals surface area contributed by atoms with Gasteiger partial charge in [0.2, 0.25) is 11.9 Å². The highest BCUT2D eigenvalue weighted by Crippen LogP contribution is 2.06. The highest BCUT2D eigenvalue weighted by atomic mass is 19.1. The van der Waals surface area contributed by atoms with Gasteiger partial charge in [0.05, 0.1) is 6.54 Å². The Kier molecular flexibility index (Phi) is 4.50. The van der Waals surface area contributed by atoms with Crippen molar-refractivity contribution in [1.29, 1.82) is 0 Å². The van der Waals surface area contributed by atoms with Crippen LogP contribution in [-0.4, -0.2) is 41.5 Å². The molecule has 1 aromatic carbocycles. The molecule has 10 heteroatoms. The van der Waals surface area contributed by atoms with Crippen molar-refractivity contribution in [2.45, 2.75) is 13.1 Å². The van der Waals surface area contributed by atoms with Crippen LogP contribution in [0.5, 0.6) is 0 Å². The van der Waals surface area contributed by atoms with Crippen LogP contribution in [0, 0.1) is 5.82 Å². The molecule has 0 atom stereocenters. The molecule has 0 aliphatic carbocycles. The third kappa shape index (κ3) is 4.05. The lowest BCUT2D eigenvalue weighted by Gasteiger charge is -2.04. The molecule has 0 saturated carbocycles. The molecule has 0 spiro atoms. The summed E-state index contributed by atoms with van der Waals surface area (Å²) >= 11 is 0. The highest BCUT2D eigenvalue weighted by Gasteiger charge is 2.14. The summed E-state index contributed by atoms with van der Waals surface area (Å²) < 4.78 is 15.7. The summed E-state index contributed by atoms with van der Waals surface area (Å²) in [5, 5.41) is 19.3. The topological polar surface area (TPSA) is 115 Å². The fourth-order valence-corrected chi connectivity index (χ4v) is 2.19. The second kappa shape index (κ2) is 6.91. The van der Waals surface area contributed by atoms with Gasteiger partial charge in [-0.3, -0.25) is 10.1 Å². The number of hydrogen-bond acceptors (Lipinski definition) is 5. The van der Waals surface area contributed by atoms with Crippen LogP contribution in [0.25, 0.3) is 0 Å². The molecule has 0 aliphatic heterocycles. The number of nitrogens with one attached hydrogen (secondary N) is 1. The second-order valence-corrected chi connectivity index (χ2v) is 5.12. The number of rotatable bonds is 6. The van der Waals surface area contributed by atoms with Gasteiger partial charge < -0.3 is 5.11 Å². The van der Waals surface area contributed by atoms with Gasteiger partial charge in [-0.2, -0.15) is 5.10 Å². The molecule has 1 amide bonds. The van der Waals surface area contributed by atoms with E-state index < -0.39 is 11.9 Å². The summed E-state index contributed by atoms with van der Waals surface area (Å²) in [6, 6.07) is 7.35. The molecule has 0 saturated heterocycles. The van der Waals surface area contributed by atoms with E-state index in [0.29, 0.717) is 12.1 Å². The minimum Gasteiger partial charge on any atom is -0.477 e. The Balaban J connectivity index is 1.62. The maximum Gasteiger partial charge on any atom is 0.354 e. The Morgan fingerprint density at radius 3 is 2.88 bits per heavy atom. The third-order valence-corrected chi connectivity index (χ3v) is 3.25. The van der Waals surface area contributed by atoms with Crippen LogP contribution < -0.4 is 5.32 Å². The van der Waals surface area contributed by atoms with Crippen molar-refractivity contribution >= 4 is 17.8 Å². The molecule has 3 aromatic rings. The summed E-state index contributed by atoms with van der Waals surface area (Å²) in [4.78, 5) is 26.9. The fraction of sp³-hybridized carbons (Fsp3) is 0.133. The first-order valence-electron chi connectivity index (χ1n) is 7.20. The number of amides is 1. The minimum absolute atomic E-state index is 0.0606. The van der Waals surface area contributed by atoms with E-state index in [1.165, 1.54) is 35.4 Å². The van der Waals surface area contributed by atoms with Crippen LogP contribution >= 0.6 is 0 Å². The number of carbonyl (C=O) groups excluding carboxylic acids is 1. The van der Waals surface area contributed by atoms with Crippen molar-refractivity contribution in [3.05, 3.63) is 59.9 Å². The van der Waals surface area contributed by atoms with E-state index in [-0.39, 0.29) is 24.0 Å². The molecule has 0 bridgehead atoms. The average Bonchev–Trinajstić information content (AvgIpc) is 3.17. The smallest absolute Gasteiger partial charge is 0.354 e. The number of anilines is 1. The van der Waals surface area contributed by atoms with E-state index in [0.717, 1.165) is 4.68 Å². The number of carboxylic acids is 1. The number of benzene rings is 1. The first-order valence-corrected chi connectivity index (χ1v) is 7.20. The Hall–Kier alpha value is -3.56. The van der Waals surface area contributed by atoms with Crippen LogP contribution in [0.15, 0.2) is 42.9 Å². The average molecular weight is 344 g/mol. The predicted molar refractivity (Wildman–Crippen MR) is 83.3 cm³/mol. The maximum atomic E-state index is 13.2.